The molecule has 0 amide bonds. The SMILES string of the molecule is c1cc2c(cc1-c1cnc(C3CCCN3)[nH]1)OC(C1CC1)C1=C2COc2cc(-c3cnc(C4CCCN4)[nH]3)ccc21. The van der Waals surface area contributed by atoms with Gasteiger partial charge in [-0.15, -0.1) is 0 Å². The van der Waals surface area contributed by atoms with Crippen LogP contribution in [-0.4, -0.2) is 45.7 Å². The Kier molecular flexibility index (Phi) is 5.41. The maximum Gasteiger partial charge on any atom is 0.128 e. The highest BCUT2D eigenvalue weighted by Gasteiger charge is 2.43. The van der Waals surface area contributed by atoms with E-state index in [9.17, 15) is 0 Å². The first-order valence-electron chi connectivity index (χ1n) is 15.2. The Morgan fingerprint density at radius 1 is 0.707 bits per heavy atom. The Hall–Kier alpha value is -3.88. The van der Waals surface area contributed by atoms with Crippen molar-refractivity contribution in [3.63, 3.8) is 0 Å². The number of nitrogens with one attached hydrogen (secondary N) is 4. The maximum atomic E-state index is 6.84. The minimum Gasteiger partial charge on any atom is -0.488 e. The molecule has 0 spiro atoms. The second-order valence-electron chi connectivity index (χ2n) is 12.1. The summed E-state index contributed by atoms with van der Waals surface area (Å²) in [6.07, 6.45) is 11.0. The van der Waals surface area contributed by atoms with Crippen molar-refractivity contribution < 1.29 is 9.47 Å². The highest BCUT2D eigenvalue weighted by atomic mass is 16.5. The van der Waals surface area contributed by atoms with E-state index >= 15 is 0 Å². The van der Waals surface area contributed by atoms with Gasteiger partial charge in [-0.3, -0.25) is 0 Å². The van der Waals surface area contributed by atoms with Crippen molar-refractivity contribution in [2.75, 3.05) is 19.7 Å². The van der Waals surface area contributed by atoms with E-state index in [4.69, 9.17) is 9.47 Å². The molecule has 2 aromatic heterocycles. The van der Waals surface area contributed by atoms with Gasteiger partial charge >= 0.3 is 0 Å². The van der Waals surface area contributed by atoms with Gasteiger partial charge < -0.3 is 30.1 Å². The van der Waals surface area contributed by atoms with Crippen molar-refractivity contribution in [3.05, 3.63) is 71.6 Å². The lowest BCUT2D eigenvalue weighted by atomic mass is 9.84. The van der Waals surface area contributed by atoms with Crippen LogP contribution in [0.5, 0.6) is 11.5 Å². The number of rotatable bonds is 5. The molecule has 0 bridgehead atoms. The van der Waals surface area contributed by atoms with Gasteiger partial charge in [0.25, 0.3) is 0 Å². The number of fused-ring (bicyclic) bond motifs is 4. The second kappa shape index (κ2) is 9.33. The van der Waals surface area contributed by atoms with E-state index in [2.05, 4.69) is 67.0 Å². The number of aromatic amines is 2. The monoisotopic (exact) mass is 546 g/mol. The van der Waals surface area contributed by atoms with Gasteiger partial charge in [0.05, 0.1) is 35.9 Å². The normalized spacial score (nSPS) is 24.9. The maximum absolute atomic E-state index is 6.84. The molecule has 9 rings (SSSR count). The first-order chi connectivity index (χ1) is 20.3. The Labute approximate surface area is 239 Å². The third-order valence-electron chi connectivity index (χ3n) is 9.46. The number of nitrogens with zero attached hydrogens (tertiary/aromatic N) is 2. The molecule has 2 saturated heterocycles. The van der Waals surface area contributed by atoms with Crippen molar-refractivity contribution in [2.24, 2.45) is 5.92 Å². The van der Waals surface area contributed by atoms with Gasteiger partial charge in [0.1, 0.15) is 35.9 Å². The fourth-order valence-electron chi connectivity index (χ4n) is 7.09. The first kappa shape index (κ1) is 23.8. The van der Waals surface area contributed by atoms with E-state index in [0.717, 1.165) is 82.7 Å². The Morgan fingerprint density at radius 2 is 1.34 bits per heavy atom. The molecule has 8 heteroatoms. The van der Waals surface area contributed by atoms with Gasteiger partial charge in [-0.2, -0.15) is 0 Å². The molecule has 1 saturated carbocycles. The molecule has 2 aromatic carbocycles. The van der Waals surface area contributed by atoms with Crippen LogP contribution in [0.15, 0.2) is 48.8 Å². The standard InChI is InChI=1S/C33H34N6O2/c1-3-24(34-11-1)32-36-15-26(38-32)19-8-10-22-28(13-19)40-17-23-21-9-7-20(14-29(21)41-31(30(22)23)18-5-6-18)27-16-37-33(39-27)25-4-2-12-35-25/h7-10,13-16,18,24-25,31,34-35H,1-6,11-12,17H2,(H,36,38)(H,37,39). The number of hydrogen-bond acceptors (Lipinski definition) is 6. The van der Waals surface area contributed by atoms with Crippen molar-refractivity contribution in [2.45, 2.75) is 56.7 Å². The minimum atomic E-state index is 0.0495. The molecule has 3 unspecified atom stereocenters. The van der Waals surface area contributed by atoms with E-state index in [1.807, 2.05) is 12.4 Å². The average Bonchev–Trinajstić information content (AvgIpc) is 3.55. The van der Waals surface area contributed by atoms with Gasteiger partial charge in [0.2, 0.25) is 0 Å². The fourth-order valence-corrected chi connectivity index (χ4v) is 7.09. The summed E-state index contributed by atoms with van der Waals surface area (Å²) in [5, 5.41) is 7.06. The molecule has 5 aliphatic rings. The lowest BCUT2D eigenvalue weighted by molar-refractivity contribution is 0.226. The van der Waals surface area contributed by atoms with E-state index in [1.54, 1.807) is 0 Å². The van der Waals surface area contributed by atoms with Crippen molar-refractivity contribution >= 4 is 11.1 Å². The molecule has 41 heavy (non-hydrogen) atoms. The van der Waals surface area contributed by atoms with Crippen LogP contribution in [0.1, 0.15) is 73.4 Å². The largest absolute Gasteiger partial charge is 0.488 e. The van der Waals surface area contributed by atoms with Gasteiger partial charge in [0.15, 0.2) is 0 Å². The highest BCUT2D eigenvalue weighted by molar-refractivity contribution is 6.00. The van der Waals surface area contributed by atoms with Crippen LogP contribution in [0.2, 0.25) is 0 Å². The Morgan fingerprint density at radius 3 is 1.95 bits per heavy atom. The summed E-state index contributed by atoms with van der Waals surface area (Å²) in [6, 6.07) is 13.8. The molecule has 0 radical (unpaired) electrons. The van der Waals surface area contributed by atoms with E-state index < -0.39 is 0 Å². The summed E-state index contributed by atoms with van der Waals surface area (Å²) < 4.78 is 13.3. The quantitative estimate of drug-likeness (QED) is 0.253. The number of aromatic nitrogens is 4. The summed E-state index contributed by atoms with van der Waals surface area (Å²) in [7, 11) is 0. The molecule has 4 aromatic rings. The topological polar surface area (TPSA) is 99.9 Å². The molecule has 208 valence electrons. The van der Waals surface area contributed by atoms with Crippen LogP contribution >= 0.6 is 0 Å². The molecule has 6 heterocycles. The highest BCUT2D eigenvalue weighted by Crippen LogP contribution is 2.52. The van der Waals surface area contributed by atoms with Gasteiger partial charge in [-0.25, -0.2) is 9.97 Å². The summed E-state index contributed by atoms with van der Waals surface area (Å²) in [5.41, 5.74) is 9.11. The molecule has 4 N–H and O–H groups in total. The molecule has 4 aliphatic heterocycles. The lowest BCUT2D eigenvalue weighted by Crippen LogP contribution is -2.29. The van der Waals surface area contributed by atoms with Crippen molar-refractivity contribution in [3.8, 4) is 34.0 Å². The minimum absolute atomic E-state index is 0.0495. The van der Waals surface area contributed by atoms with Crippen LogP contribution in [-0.2, 0) is 0 Å². The van der Waals surface area contributed by atoms with E-state index in [0.29, 0.717) is 24.6 Å². The van der Waals surface area contributed by atoms with Crippen LogP contribution in [0.3, 0.4) is 0 Å². The predicted molar refractivity (Wildman–Crippen MR) is 157 cm³/mol. The second-order valence-corrected chi connectivity index (χ2v) is 12.1. The smallest absolute Gasteiger partial charge is 0.128 e. The van der Waals surface area contributed by atoms with Crippen LogP contribution < -0.4 is 20.1 Å². The lowest BCUT2D eigenvalue weighted by Gasteiger charge is -2.35. The molecular formula is C33H34N6O2. The fraction of sp³-hybridized carbons (Fsp3) is 0.394. The van der Waals surface area contributed by atoms with E-state index in [-0.39, 0.29) is 6.10 Å². The van der Waals surface area contributed by atoms with Crippen LogP contribution in [0.4, 0.5) is 0 Å². The zero-order chi connectivity index (χ0) is 26.9. The van der Waals surface area contributed by atoms with Gasteiger partial charge in [0, 0.05) is 39.3 Å². The predicted octanol–water partition coefficient (Wildman–Crippen LogP) is 5.79. The van der Waals surface area contributed by atoms with E-state index in [1.165, 1.54) is 36.8 Å². The van der Waals surface area contributed by atoms with Gasteiger partial charge in [-0.1, -0.05) is 24.3 Å². The number of imidazole rings is 2. The van der Waals surface area contributed by atoms with Crippen LogP contribution in [0, 0.1) is 5.92 Å². The molecule has 3 atom stereocenters. The molecule has 8 nitrogen and oxygen atoms in total. The summed E-state index contributed by atoms with van der Waals surface area (Å²) in [6.45, 7) is 2.66. The van der Waals surface area contributed by atoms with Crippen molar-refractivity contribution in [1.29, 1.82) is 0 Å². The number of H-pyrrole nitrogens is 2. The third kappa shape index (κ3) is 4.03. The summed E-state index contributed by atoms with van der Waals surface area (Å²) in [5.74, 6) is 4.46. The number of benzene rings is 2. The average molecular weight is 547 g/mol. The number of hydrogen-bond donors (Lipinski definition) is 4. The zero-order valence-corrected chi connectivity index (χ0v) is 23.0. The molecule has 3 fully saturated rings. The Bertz CT molecular complexity index is 1670. The Balaban J connectivity index is 1.06. The number of ether oxygens (including phenoxy) is 2. The summed E-state index contributed by atoms with van der Waals surface area (Å²) >= 11 is 0. The molecular weight excluding hydrogens is 512 g/mol. The first-order valence-corrected chi connectivity index (χ1v) is 15.2. The molecule has 1 aliphatic carbocycles. The van der Waals surface area contributed by atoms with Crippen molar-refractivity contribution in [1.82, 2.24) is 30.6 Å². The van der Waals surface area contributed by atoms with Crippen LogP contribution in [0.25, 0.3) is 33.7 Å². The zero-order valence-electron chi connectivity index (χ0n) is 23.0. The summed E-state index contributed by atoms with van der Waals surface area (Å²) in [4.78, 5) is 16.5. The third-order valence-corrected chi connectivity index (χ3v) is 9.46. The van der Waals surface area contributed by atoms with Gasteiger partial charge in [-0.05, 0) is 63.7 Å².